The topological polar surface area (TPSA) is 76.7 Å². The Hall–Kier alpha value is -4.10. The monoisotopic (exact) mass is 457 g/mol. The highest BCUT2D eigenvalue weighted by Crippen LogP contribution is 2.19. The highest BCUT2D eigenvalue weighted by molar-refractivity contribution is 6.02. The molecule has 7 heteroatoms. The molecule has 1 heterocycles. The number of fused-ring (bicyclic) bond motifs is 1. The summed E-state index contributed by atoms with van der Waals surface area (Å²) in [7, 11) is 3.88. The normalized spacial score (nSPS) is 11.4. The average Bonchev–Trinajstić information content (AvgIpc) is 3.15. The molecule has 0 unspecified atom stereocenters. The molecule has 0 aliphatic rings. The van der Waals surface area contributed by atoms with E-state index in [-0.39, 0.29) is 5.91 Å². The molecule has 0 spiro atoms. The number of benzene rings is 3. The van der Waals surface area contributed by atoms with Crippen molar-refractivity contribution in [3.63, 3.8) is 0 Å². The molecule has 1 amide bonds. The SMILES string of the molecule is CN(C)CCn1c(=O)oc2ccc(NC(=O)/C=C/c3cccc(OCc4ccccc4)c3)cc21. The predicted octanol–water partition coefficient (Wildman–Crippen LogP) is 4.39. The maximum atomic E-state index is 12.5. The van der Waals surface area contributed by atoms with Crippen LogP contribution in [-0.2, 0) is 17.9 Å². The maximum Gasteiger partial charge on any atom is 0.419 e. The number of ether oxygens (including phenoxy) is 1. The fraction of sp³-hybridized carbons (Fsp3) is 0.185. The second-order valence-corrected chi connectivity index (χ2v) is 8.17. The van der Waals surface area contributed by atoms with Crippen LogP contribution in [0.3, 0.4) is 0 Å². The van der Waals surface area contributed by atoms with E-state index in [2.05, 4.69) is 5.32 Å². The lowest BCUT2D eigenvalue weighted by molar-refractivity contribution is -0.111. The third-order valence-corrected chi connectivity index (χ3v) is 5.24. The van der Waals surface area contributed by atoms with Crippen molar-refractivity contribution in [2.45, 2.75) is 13.2 Å². The number of oxazole rings is 1. The molecule has 0 fully saturated rings. The number of carbonyl (C=O) groups is 1. The number of nitrogens with zero attached hydrogens (tertiary/aromatic N) is 2. The van der Waals surface area contributed by atoms with Crippen molar-refractivity contribution < 1.29 is 13.9 Å². The van der Waals surface area contributed by atoms with Gasteiger partial charge < -0.3 is 19.4 Å². The molecular formula is C27H27N3O4. The maximum absolute atomic E-state index is 12.5. The van der Waals surface area contributed by atoms with Gasteiger partial charge in [-0.3, -0.25) is 9.36 Å². The van der Waals surface area contributed by atoms with E-state index in [4.69, 9.17) is 9.15 Å². The van der Waals surface area contributed by atoms with Gasteiger partial charge in [-0.15, -0.1) is 0 Å². The van der Waals surface area contributed by atoms with Crippen molar-refractivity contribution in [1.82, 2.24) is 9.47 Å². The molecule has 0 atom stereocenters. The van der Waals surface area contributed by atoms with Gasteiger partial charge in [-0.1, -0.05) is 42.5 Å². The van der Waals surface area contributed by atoms with Gasteiger partial charge in [0.2, 0.25) is 5.91 Å². The fourth-order valence-corrected chi connectivity index (χ4v) is 3.46. The highest BCUT2D eigenvalue weighted by atomic mass is 16.5. The zero-order valence-electron chi connectivity index (χ0n) is 19.2. The summed E-state index contributed by atoms with van der Waals surface area (Å²) in [5.74, 6) is 0.0442. The van der Waals surface area contributed by atoms with Crippen LogP contribution in [0, 0.1) is 0 Å². The number of carbonyl (C=O) groups excluding carboxylic acids is 1. The van der Waals surface area contributed by atoms with Crippen LogP contribution in [0.1, 0.15) is 11.1 Å². The Balaban J connectivity index is 1.40. The van der Waals surface area contributed by atoms with E-state index in [1.807, 2.05) is 73.6 Å². The average molecular weight is 458 g/mol. The molecular weight excluding hydrogens is 430 g/mol. The molecule has 4 aromatic rings. The molecule has 7 nitrogen and oxygen atoms in total. The Bertz CT molecular complexity index is 1350. The Morgan fingerprint density at radius 1 is 1.06 bits per heavy atom. The number of hydrogen-bond acceptors (Lipinski definition) is 5. The van der Waals surface area contributed by atoms with Gasteiger partial charge in [-0.05, 0) is 61.6 Å². The number of aromatic nitrogens is 1. The Morgan fingerprint density at radius 2 is 1.88 bits per heavy atom. The quantitative estimate of drug-likeness (QED) is 0.377. The van der Waals surface area contributed by atoms with E-state index in [0.717, 1.165) is 16.9 Å². The second-order valence-electron chi connectivity index (χ2n) is 8.17. The van der Waals surface area contributed by atoms with Gasteiger partial charge in [0.25, 0.3) is 0 Å². The van der Waals surface area contributed by atoms with Gasteiger partial charge >= 0.3 is 5.76 Å². The number of hydrogen-bond donors (Lipinski definition) is 1. The van der Waals surface area contributed by atoms with Crippen LogP contribution >= 0.6 is 0 Å². The minimum atomic E-state index is -0.408. The molecule has 1 aromatic heterocycles. The summed E-state index contributed by atoms with van der Waals surface area (Å²) in [6.07, 6.45) is 3.20. The van der Waals surface area contributed by atoms with Crippen LogP contribution < -0.4 is 15.8 Å². The third kappa shape index (κ3) is 6.02. The first-order valence-electron chi connectivity index (χ1n) is 11.0. The number of rotatable bonds is 9. The van der Waals surface area contributed by atoms with Crippen molar-refractivity contribution in [3.05, 3.63) is 101 Å². The van der Waals surface area contributed by atoms with E-state index in [0.29, 0.717) is 36.5 Å². The van der Waals surface area contributed by atoms with Crippen molar-refractivity contribution in [2.24, 2.45) is 0 Å². The minimum Gasteiger partial charge on any atom is -0.489 e. The van der Waals surface area contributed by atoms with Gasteiger partial charge in [0.1, 0.15) is 12.4 Å². The molecule has 0 bridgehead atoms. The lowest BCUT2D eigenvalue weighted by Gasteiger charge is -2.09. The third-order valence-electron chi connectivity index (χ3n) is 5.24. The standard InChI is InChI=1S/C27H27N3O4/c1-29(2)15-16-30-24-18-22(12-13-25(24)34-27(30)32)28-26(31)14-11-20-9-6-10-23(17-20)33-19-21-7-4-3-5-8-21/h3-14,17-18H,15-16,19H2,1-2H3,(H,28,31)/b14-11+. The van der Waals surface area contributed by atoms with Crippen molar-refractivity contribution in [3.8, 4) is 5.75 Å². The number of anilines is 1. The lowest BCUT2D eigenvalue weighted by Crippen LogP contribution is -2.23. The number of nitrogens with one attached hydrogen (secondary N) is 1. The van der Waals surface area contributed by atoms with Crippen LogP contribution in [0.15, 0.2) is 88.1 Å². The summed E-state index contributed by atoms with van der Waals surface area (Å²) in [6.45, 7) is 1.67. The Kier molecular flexibility index (Phi) is 7.25. The largest absolute Gasteiger partial charge is 0.489 e. The second kappa shape index (κ2) is 10.7. The smallest absolute Gasteiger partial charge is 0.419 e. The number of amides is 1. The summed E-state index contributed by atoms with van der Waals surface area (Å²) in [5.41, 5.74) is 3.66. The van der Waals surface area contributed by atoms with Crippen molar-refractivity contribution >= 4 is 28.8 Å². The van der Waals surface area contributed by atoms with Crippen molar-refractivity contribution in [1.29, 1.82) is 0 Å². The first-order chi connectivity index (χ1) is 16.5. The summed E-state index contributed by atoms with van der Waals surface area (Å²) in [5, 5.41) is 2.84. The summed E-state index contributed by atoms with van der Waals surface area (Å²) < 4.78 is 12.7. The molecule has 174 valence electrons. The molecule has 0 saturated heterocycles. The fourth-order valence-electron chi connectivity index (χ4n) is 3.46. The van der Waals surface area contributed by atoms with E-state index in [1.54, 1.807) is 28.8 Å². The van der Waals surface area contributed by atoms with E-state index >= 15 is 0 Å². The number of likely N-dealkylation sites (N-methyl/N-ethyl adjacent to an activating group) is 1. The van der Waals surface area contributed by atoms with E-state index in [1.165, 1.54) is 6.08 Å². The Morgan fingerprint density at radius 3 is 2.68 bits per heavy atom. The summed E-state index contributed by atoms with van der Waals surface area (Å²) in [6, 6.07) is 22.7. The molecule has 0 aliphatic heterocycles. The Labute approximate surface area is 197 Å². The molecule has 1 N–H and O–H groups in total. The van der Waals surface area contributed by atoms with Crippen molar-refractivity contribution in [2.75, 3.05) is 26.0 Å². The van der Waals surface area contributed by atoms with Crippen LogP contribution in [-0.4, -0.2) is 36.0 Å². The first kappa shape index (κ1) is 23.1. The minimum absolute atomic E-state index is 0.277. The van der Waals surface area contributed by atoms with Gasteiger partial charge in [0.05, 0.1) is 5.52 Å². The van der Waals surface area contributed by atoms with Gasteiger partial charge in [-0.2, -0.15) is 0 Å². The van der Waals surface area contributed by atoms with E-state index in [9.17, 15) is 9.59 Å². The van der Waals surface area contributed by atoms with E-state index < -0.39 is 5.76 Å². The van der Waals surface area contributed by atoms with Gasteiger partial charge in [0, 0.05) is 24.9 Å². The highest BCUT2D eigenvalue weighted by Gasteiger charge is 2.11. The molecule has 0 radical (unpaired) electrons. The molecule has 4 rings (SSSR count). The molecule has 0 saturated carbocycles. The predicted molar refractivity (Wildman–Crippen MR) is 134 cm³/mol. The lowest BCUT2D eigenvalue weighted by atomic mass is 10.2. The van der Waals surface area contributed by atoms with Crippen LogP contribution in [0.5, 0.6) is 5.75 Å². The van der Waals surface area contributed by atoms with Crippen LogP contribution in [0.4, 0.5) is 5.69 Å². The zero-order chi connectivity index (χ0) is 23.9. The summed E-state index contributed by atoms with van der Waals surface area (Å²) in [4.78, 5) is 26.7. The summed E-state index contributed by atoms with van der Waals surface area (Å²) >= 11 is 0. The molecule has 3 aromatic carbocycles. The van der Waals surface area contributed by atoms with Gasteiger partial charge in [0.15, 0.2) is 5.58 Å². The molecule has 34 heavy (non-hydrogen) atoms. The van der Waals surface area contributed by atoms with Gasteiger partial charge in [-0.25, -0.2) is 4.79 Å². The zero-order valence-corrected chi connectivity index (χ0v) is 19.2. The van der Waals surface area contributed by atoms with Crippen LogP contribution in [0.2, 0.25) is 0 Å². The van der Waals surface area contributed by atoms with Crippen LogP contribution in [0.25, 0.3) is 17.2 Å². The molecule has 0 aliphatic carbocycles. The first-order valence-corrected chi connectivity index (χ1v) is 11.0.